The summed E-state index contributed by atoms with van der Waals surface area (Å²) in [6, 6.07) is 4.74. The first-order chi connectivity index (χ1) is 13.4. The third kappa shape index (κ3) is 4.73. The smallest absolute Gasteiger partial charge is 0.302 e. The van der Waals surface area contributed by atoms with Crippen LogP contribution in [-0.4, -0.2) is 40.6 Å². The molecule has 0 N–H and O–H groups in total. The van der Waals surface area contributed by atoms with Crippen molar-refractivity contribution in [1.82, 2.24) is 9.55 Å². The first-order valence-electron chi connectivity index (χ1n) is 8.62. The molecular weight excluding hydrogens is 413 g/mol. The predicted octanol–water partition coefficient (Wildman–Crippen LogP) is 3.46. The fourth-order valence-corrected chi connectivity index (χ4v) is 3.47. The van der Waals surface area contributed by atoms with Gasteiger partial charge in [0, 0.05) is 29.6 Å². The topological polar surface area (TPSA) is 97.9 Å². The van der Waals surface area contributed by atoms with E-state index in [0.29, 0.717) is 28.8 Å². The van der Waals surface area contributed by atoms with Crippen LogP contribution in [0.4, 0.5) is 0 Å². The standard InChI is InChI=1S/C17H19Cl2N3O6/c1-2-7-25-9-13-10-26-17(27-13,14-4-3-12(18)8-15(14)19)11-21-6-5-20-16(21)28-22(23)24/h3-6,8,13H,2,7,9-11H2,1H3. The van der Waals surface area contributed by atoms with Gasteiger partial charge < -0.3 is 18.8 Å². The Labute approximate surface area is 171 Å². The summed E-state index contributed by atoms with van der Waals surface area (Å²) >= 11 is 12.4. The summed E-state index contributed by atoms with van der Waals surface area (Å²) in [5.74, 6) is -1.31. The van der Waals surface area contributed by atoms with Gasteiger partial charge in [0.05, 0.1) is 24.8 Å². The van der Waals surface area contributed by atoms with E-state index in [4.69, 9.17) is 37.4 Å². The van der Waals surface area contributed by atoms with Crippen LogP contribution in [0.15, 0.2) is 30.6 Å². The number of benzene rings is 1. The molecule has 1 saturated heterocycles. The zero-order chi connectivity index (χ0) is 20.1. The summed E-state index contributed by atoms with van der Waals surface area (Å²) in [4.78, 5) is 19.1. The van der Waals surface area contributed by atoms with Gasteiger partial charge in [-0.3, -0.25) is 0 Å². The number of aromatic nitrogens is 2. The highest BCUT2D eigenvalue weighted by Crippen LogP contribution is 2.41. The predicted molar refractivity (Wildman–Crippen MR) is 99.9 cm³/mol. The third-order valence-electron chi connectivity index (χ3n) is 4.07. The Morgan fingerprint density at radius 2 is 2.29 bits per heavy atom. The molecule has 2 aromatic rings. The van der Waals surface area contributed by atoms with E-state index >= 15 is 0 Å². The maximum Gasteiger partial charge on any atom is 0.302 e. The molecule has 152 valence electrons. The monoisotopic (exact) mass is 431 g/mol. The van der Waals surface area contributed by atoms with Crippen LogP contribution in [0.3, 0.4) is 0 Å². The lowest BCUT2D eigenvalue weighted by Crippen LogP contribution is -2.34. The van der Waals surface area contributed by atoms with E-state index in [-0.39, 0.29) is 25.3 Å². The van der Waals surface area contributed by atoms with Crippen molar-refractivity contribution in [3.05, 3.63) is 56.3 Å². The molecule has 0 saturated carbocycles. The molecule has 1 aliphatic heterocycles. The molecule has 11 heteroatoms. The third-order valence-corrected chi connectivity index (χ3v) is 4.61. The van der Waals surface area contributed by atoms with Crippen molar-refractivity contribution in [3.63, 3.8) is 0 Å². The number of hydrogen-bond acceptors (Lipinski definition) is 7. The van der Waals surface area contributed by atoms with Gasteiger partial charge in [-0.05, 0) is 18.6 Å². The highest BCUT2D eigenvalue weighted by Gasteiger charge is 2.45. The first kappa shape index (κ1) is 20.8. The fraction of sp³-hybridized carbons (Fsp3) is 0.471. The van der Waals surface area contributed by atoms with Crippen LogP contribution in [0.2, 0.25) is 10.0 Å². The zero-order valence-corrected chi connectivity index (χ0v) is 16.6. The second-order valence-electron chi connectivity index (χ2n) is 6.16. The van der Waals surface area contributed by atoms with Crippen LogP contribution >= 0.6 is 23.2 Å². The number of halogens is 2. The summed E-state index contributed by atoms with van der Waals surface area (Å²) in [7, 11) is 0. The Hall–Kier alpha value is -1.91. The summed E-state index contributed by atoms with van der Waals surface area (Å²) in [5.41, 5.74) is 0.539. The Balaban J connectivity index is 1.90. The molecule has 28 heavy (non-hydrogen) atoms. The number of nitrogens with zero attached hydrogens (tertiary/aromatic N) is 3. The van der Waals surface area contributed by atoms with E-state index in [1.165, 1.54) is 17.0 Å². The molecule has 2 unspecified atom stereocenters. The van der Waals surface area contributed by atoms with Gasteiger partial charge in [-0.2, -0.15) is 0 Å². The Bertz CT molecular complexity index is 833. The molecular formula is C17H19Cl2N3O6. The van der Waals surface area contributed by atoms with Gasteiger partial charge in [0.1, 0.15) is 6.10 Å². The molecule has 0 radical (unpaired) electrons. The lowest BCUT2D eigenvalue weighted by molar-refractivity contribution is -0.713. The molecule has 2 heterocycles. The lowest BCUT2D eigenvalue weighted by atomic mass is 10.1. The van der Waals surface area contributed by atoms with E-state index in [1.54, 1.807) is 18.2 Å². The van der Waals surface area contributed by atoms with Crippen molar-refractivity contribution in [3.8, 4) is 6.01 Å². The summed E-state index contributed by atoms with van der Waals surface area (Å²) in [6.07, 6.45) is 3.46. The Kier molecular flexibility index (Phi) is 6.73. The van der Waals surface area contributed by atoms with Crippen molar-refractivity contribution in [1.29, 1.82) is 0 Å². The molecule has 1 fully saturated rings. The minimum atomic E-state index is -1.31. The molecule has 9 nitrogen and oxygen atoms in total. The quantitative estimate of drug-likeness (QED) is 0.340. The molecule has 0 bridgehead atoms. The lowest BCUT2D eigenvalue weighted by Gasteiger charge is -2.30. The number of imidazole rings is 1. The van der Waals surface area contributed by atoms with Crippen molar-refractivity contribution in [2.75, 3.05) is 19.8 Å². The van der Waals surface area contributed by atoms with E-state index in [1.807, 2.05) is 6.92 Å². The molecule has 2 atom stereocenters. The molecule has 1 aromatic heterocycles. The molecule has 0 aliphatic carbocycles. The maximum absolute atomic E-state index is 10.7. The fourth-order valence-electron chi connectivity index (χ4n) is 2.92. The van der Waals surface area contributed by atoms with E-state index in [9.17, 15) is 10.1 Å². The van der Waals surface area contributed by atoms with Crippen LogP contribution in [-0.2, 0) is 26.5 Å². The highest BCUT2D eigenvalue weighted by molar-refractivity contribution is 6.35. The number of ether oxygens (including phenoxy) is 3. The van der Waals surface area contributed by atoms with Gasteiger partial charge in [-0.25, -0.2) is 9.82 Å². The Morgan fingerprint density at radius 1 is 1.46 bits per heavy atom. The molecule has 1 aromatic carbocycles. The van der Waals surface area contributed by atoms with Crippen LogP contribution in [0.5, 0.6) is 6.01 Å². The minimum Gasteiger partial charge on any atom is -0.379 e. The van der Waals surface area contributed by atoms with Crippen molar-refractivity contribution in [2.24, 2.45) is 0 Å². The van der Waals surface area contributed by atoms with Gasteiger partial charge in [0.15, 0.2) is 0 Å². The van der Waals surface area contributed by atoms with Crippen LogP contribution in [0.25, 0.3) is 0 Å². The van der Waals surface area contributed by atoms with E-state index in [0.717, 1.165) is 6.42 Å². The normalized spacial score (nSPS) is 21.8. The number of rotatable bonds is 9. The molecule has 3 rings (SSSR count). The summed E-state index contributed by atoms with van der Waals surface area (Å²) in [5, 5.41) is 10.6. The largest absolute Gasteiger partial charge is 0.379 e. The van der Waals surface area contributed by atoms with E-state index < -0.39 is 10.9 Å². The highest BCUT2D eigenvalue weighted by atomic mass is 35.5. The van der Waals surface area contributed by atoms with Gasteiger partial charge in [0.25, 0.3) is 6.01 Å². The SMILES string of the molecule is CCCOCC1COC(Cn2ccnc2O[N+](=O)[O-])(c2ccc(Cl)cc2Cl)O1. The van der Waals surface area contributed by atoms with Crippen molar-refractivity contribution >= 4 is 23.2 Å². The zero-order valence-electron chi connectivity index (χ0n) is 15.0. The first-order valence-corrected chi connectivity index (χ1v) is 9.37. The van der Waals surface area contributed by atoms with Crippen molar-refractivity contribution < 1.29 is 24.1 Å². The van der Waals surface area contributed by atoms with Gasteiger partial charge in [-0.15, -0.1) is 10.1 Å². The molecule has 0 spiro atoms. The molecule has 0 amide bonds. The van der Waals surface area contributed by atoms with Gasteiger partial charge in [-0.1, -0.05) is 36.2 Å². The molecule has 1 aliphatic rings. The second-order valence-corrected chi connectivity index (χ2v) is 7.00. The van der Waals surface area contributed by atoms with Gasteiger partial charge >= 0.3 is 5.09 Å². The second kappa shape index (κ2) is 9.06. The maximum atomic E-state index is 10.7. The van der Waals surface area contributed by atoms with Crippen molar-refractivity contribution in [2.45, 2.75) is 31.8 Å². The number of hydrogen-bond donors (Lipinski definition) is 0. The summed E-state index contributed by atoms with van der Waals surface area (Å²) < 4.78 is 19.2. The minimum absolute atomic E-state index is 0.0296. The average Bonchev–Trinajstić information content (AvgIpc) is 3.23. The average molecular weight is 432 g/mol. The van der Waals surface area contributed by atoms with Crippen LogP contribution < -0.4 is 4.84 Å². The van der Waals surface area contributed by atoms with Crippen LogP contribution in [0.1, 0.15) is 18.9 Å². The van der Waals surface area contributed by atoms with Gasteiger partial charge in [0.2, 0.25) is 5.79 Å². The summed E-state index contributed by atoms with van der Waals surface area (Å²) in [6.45, 7) is 3.27. The Morgan fingerprint density at radius 3 is 3.00 bits per heavy atom. The van der Waals surface area contributed by atoms with Crippen LogP contribution in [0, 0.1) is 10.1 Å². The van der Waals surface area contributed by atoms with E-state index in [2.05, 4.69) is 9.82 Å².